The quantitative estimate of drug-likeness (QED) is 0.800. The Morgan fingerprint density at radius 1 is 1.44 bits per heavy atom. The number of amides is 1. The second-order valence-electron chi connectivity index (χ2n) is 5.74. The lowest BCUT2D eigenvalue weighted by Gasteiger charge is -2.10. The summed E-state index contributed by atoms with van der Waals surface area (Å²) in [4.78, 5) is 12.1. The summed E-state index contributed by atoms with van der Waals surface area (Å²) < 4.78 is 11.5. The molecule has 1 atom stereocenters. The number of fused-ring (bicyclic) bond motifs is 1. The van der Waals surface area contributed by atoms with Crippen molar-refractivity contribution in [3.8, 4) is 11.5 Å². The van der Waals surface area contributed by atoms with E-state index in [-0.39, 0.29) is 12.0 Å². The molecule has 0 spiro atoms. The summed E-state index contributed by atoms with van der Waals surface area (Å²) in [5, 5.41) is 12.0. The van der Waals surface area contributed by atoms with E-state index >= 15 is 0 Å². The van der Waals surface area contributed by atoms with E-state index in [0.717, 1.165) is 40.5 Å². The van der Waals surface area contributed by atoms with Gasteiger partial charge in [-0.15, -0.1) is 10.2 Å². The number of benzene rings is 1. The van der Waals surface area contributed by atoms with Gasteiger partial charge >= 0.3 is 0 Å². The highest BCUT2D eigenvalue weighted by Crippen LogP contribution is 2.35. The molecule has 1 aromatic carbocycles. The summed E-state index contributed by atoms with van der Waals surface area (Å²) >= 11 is 1.38. The molecule has 2 aromatic rings. The molecule has 1 aliphatic rings. The van der Waals surface area contributed by atoms with E-state index in [4.69, 9.17) is 9.47 Å². The SMILES string of the molecule is CCOc1cc2c(cc1C=CC(=O)Nc1nnc(CC)s1)OC(C)C2. The van der Waals surface area contributed by atoms with Crippen molar-refractivity contribution >= 4 is 28.5 Å². The monoisotopic (exact) mass is 359 g/mol. The average Bonchev–Trinajstić information content (AvgIpc) is 3.17. The van der Waals surface area contributed by atoms with E-state index in [0.29, 0.717) is 11.7 Å². The zero-order valence-corrected chi connectivity index (χ0v) is 15.4. The van der Waals surface area contributed by atoms with Gasteiger partial charge < -0.3 is 9.47 Å². The molecule has 0 saturated heterocycles. The molecule has 0 radical (unpaired) electrons. The number of ether oxygens (including phenoxy) is 2. The van der Waals surface area contributed by atoms with Crippen LogP contribution in [0.3, 0.4) is 0 Å². The van der Waals surface area contributed by atoms with Crippen molar-refractivity contribution < 1.29 is 14.3 Å². The van der Waals surface area contributed by atoms with Crippen LogP contribution in [0.25, 0.3) is 6.08 Å². The highest BCUT2D eigenvalue weighted by molar-refractivity contribution is 7.15. The minimum Gasteiger partial charge on any atom is -0.493 e. The lowest BCUT2D eigenvalue weighted by molar-refractivity contribution is -0.111. The number of carbonyl (C=O) groups is 1. The Labute approximate surface area is 150 Å². The molecule has 1 N–H and O–H groups in total. The fourth-order valence-electron chi connectivity index (χ4n) is 2.63. The van der Waals surface area contributed by atoms with Crippen LogP contribution in [0.15, 0.2) is 18.2 Å². The third-order valence-corrected chi connectivity index (χ3v) is 4.72. The molecule has 1 unspecified atom stereocenters. The fraction of sp³-hybridized carbons (Fsp3) is 0.389. The number of aryl methyl sites for hydroxylation is 1. The number of nitrogens with one attached hydrogen (secondary N) is 1. The minimum atomic E-state index is -0.254. The molecule has 25 heavy (non-hydrogen) atoms. The second kappa shape index (κ2) is 7.65. The lowest BCUT2D eigenvalue weighted by Crippen LogP contribution is -2.07. The van der Waals surface area contributed by atoms with E-state index in [2.05, 4.69) is 15.5 Å². The van der Waals surface area contributed by atoms with E-state index in [9.17, 15) is 4.79 Å². The molecule has 0 aliphatic carbocycles. The van der Waals surface area contributed by atoms with E-state index in [1.165, 1.54) is 17.4 Å². The number of aromatic nitrogens is 2. The van der Waals surface area contributed by atoms with Gasteiger partial charge in [-0.3, -0.25) is 10.1 Å². The number of hydrogen-bond acceptors (Lipinski definition) is 6. The first-order valence-electron chi connectivity index (χ1n) is 8.36. The second-order valence-corrected chi connectivity index (χ2v) is 6.80. The number of carbonyl (C=O) groups excluding carboxylic acids is 1. The standard InChI is InChI=1S/C18H21N3O3S/c1-4-17-20-21-18(25-17)19-16(22)7-6-12-9-15-13(8-11(3)24-15)10-14(12)23-5-2/h6-7,9-11H,4-5,8H2,1-3H3,(H,19,21,22). The zero-order valence-electron chi connectivity index (χ0n) is 14.5. The van der Waals surface area contributed by atoms with E-state index in [1.807, 2.05) is 32.9 Å². The third kappa shape index (κ3) is 4.17. The van der Waals surface area contributed by atoms with Gasteiger partial charge in [-0.25, -0.2) is 0 Å². The molecule has 0 bridgehead atoms. The summed E-state index contributed by atoms with van der Waals surface area (Å²) in [5.41, 5.74) is 1.95. The first kappa shape index (κ1) is 17.4. The van der Waals surface area contributed by atoms with Gasteiger partial charge in [0.25, 0.3) is 0 Å². The van der Waals surface area contributed by atoms with Gasteiger partial charge in [0.1, 0.15) is 22.6 Å². The highest BCUT2D eigenvalue weighted by Gasteiger charge is 2.21. The largest absolute Gasteiger partial charge is 0.493 e. The Balaban J connectivity index is 1.75. The Morgan fingerprint density at radius 3 is 3.00 bits per heavy atom. The summed E-state index contributed by atoms with van der Waals surface area (Å²) in [7, 11) is 0. The van der Waals surface area contributed by atoms with Gasteiger partial charge in [0.05, 0.1) is 6.61 Å². The number of anilines is 1. The minimum absolute atomic E-state index is 0.164. The molecular weight excluding hydrogens is 338 g/mol. The van der Waals surface area contributed by atoms with Crippen LogP contribution in [0.2, 0.25) is 0 Å². The normalized spacial score (nSPS) is 15.9. The molecule has 0 fully saturated rings. The Kier molecular flexibility index (Phi) is 5.33. The van der Waals surface area contributed by atoms with Crippen LogP contribution < -0.4 is 14.8 Å². The molecule has 1 aliphatic heterocycles. The van der Waals surface area contributed by atoms with Crippen molar-refractivity contribution in [1.29, 1.82) is 0 Å². The van der Waals surface area contributed by atoms with Crippen molar-refractivity contribution in [3.05, 3.63) is 34.3 Å². The van der Waals surface area contributed by atoms with Crippen LogP contribution in [-0.4, -0.2) is 28.8 Å². The Bertz CT molecular complexity index is 801. The molecule has 1 aromatic heterocycles. The van der Waals surface area contributed by atoms with Crippen molar-refractivity contribution in [2.24, 2.45) is 0 Å². The van der Waals surface area contributed by atoms with Gasteiger partial charge in [-0.1, -0.05) is 18.3 Å². The maximum Gasteiger partial charge on any atom is 0.250 e. The lowest BCUT2D eigenvalue weighted by atomic mass is 10.1. The molecular formula is C18H21N3O3S. The number of nitrogens with zero attached hydrogens (tertiary/aromatic N) is 2. The van der Waals surface area contributed by atoms with E-state index < -0.39 is 0 Å². The van der Waals surface area contributed by atoms with Gasteiger partial charge in [0, 0.05) is 23.6 Å². The van der Waals surface area contributed by atoms with Crippen molar-refractivity contribution in [2.45, 2.75) is 39.7 Å². The smallest absolute Gasteiger partial charge is 0.250 e. The first-order chi connectivity index (χ1) is 12.1. The Hall–Kier alpha value is -2.41. The average molecular weight is 359 g/mol. The van der Waals surface area contributed by atoms with Crippen LogP contribution in [-0.2, 0) is 17.6 Å². The molecule has 132 valence electrons. The van der Waals surface area contributed by atoms with Crippen LogP contribution in [0.5, 0.6) is 11.5 Å². The topological polar surface area (TPSA) is 73.3 Å². The first-order valence-corrected chi connectivity index (χ1v) is 9.18. The summed E-state index contributed by atoms with van der Waals surface area (Å²) in [5.74, 6) is 1.36. The van der Waals surface area contributed by atoms with Crippen LogP contribution in [0.1, 0.15) is 36.9 Å². The predicted octanol–water partition coefficient (Wildman–Crippen LogP) is 3.47. The zero-order chi connectivity index (χ0) is 17.8. The maximum atomic E-state index is 12.1. The van der Waals surface area contributed by atoms with Crippen LogP contribution >= 0.6 is 11.3 Å². The predicted molar refractivity (Wildman–Crippen MR) is 98.4 cm³/mol. The van der Waals surface area contributed by atoms with Gasteiger partial charge in [-0.05, 0) is 38.5 Å². The van der Waals surface area contributed by atoms with Crippen LogP contribution in [0.4, 0.5) is 5.13 Å². The van der Waals surface area contributed by atoms with Gasteiger partial charge in [0.15, 0.2) is 0 Å². The van der Waals surface area contributed by atoms with Crippen molar-refractivity contribution in [1.82, 2.24) is 10.2 Å². The third-order valence-electron chi connectivity index (χ3n) is 3.74. The van der Waals surface area contributed by atoms with E-state index in [1.54, 1.807) is 6.08 Å². The maximum absolute atomic E-state index is 12.1. The Morgan fingerprint density at radius 2 is 2.28 bits per heavy atom. The molecule has 1 amide bonds. The molecule has 7 heteroatoms. The van der Waals surface area contributed by atoms with Crippen molar-refractivity contribution in [3.63, 3.8) is 0 Å². The summed E-state index contributed by atoms with van der Waals surface area (Å²) in [6.07, 6.45) is 5.03. The van der Waals surface area contributed by atoms with Gasteiger partial charge in [0.2, 0.25) is 11.0 Å². The molecule has 0 saturated carbocycles. The molecule has 2 heterocycles. The van der Waals surface area contributed by atoms with Gasteiger partial charge in [-0.2, -0.15) is 0 Å². The number of rotatable bonds is 6. The number of hydrogen-bond donors (Lipinski definition) is 1. The summed E-state index contributed by atoms with van der Waals surface area (Å²) in [6.45, 7) is 6.54. The summed E-state index contributed by atoms with van der Waals surface area (Å²) in [6, 6.07) is 3.92. The van der Waals surface area contributed by atoms with Crippen LogP contribution in [0, 0.1) is 0 Å². The van der Waals surface area contributed by atoms with Crippen molar-refractivity contribution in [2.75, 3.05) is 11.9 Å². The fourth-order valence-corrected chi connectivity index (χ4v) is 3.31. The molecule has 6 nitrogen and oxygen atoms in total. The highest BCUT2D eigenvalue weighted by atomic mass is 32.1. The molecule has 3 rings (SSSR count).